The van der Waals surface area contributed by atoms with Crippen LogP contribution in [0.3, 0.4) is 0 Å². The number of fused-ring (bicyclic) bond motifs is 1. The highest BCUT2D eigenvalue weighted by atomic mass is 35.5. The molecule has 11 heteroatoms. The van der Waals surface area contributed by atoms with E-state index in [0.717, 1.165) is 16.2 Å². The van der Waals surface area contributed by atoms with Gasteiger partial charge in [0.2, 0.25) is 5.91 Å². The second kappa shape index (κ2) is 10.8. The van der Waals surface area contributed by atoms with E-state index in [1.54, 1.807) is 18.3 Å². The summed E-state index contributed by atoms with van der Waals surface area (Å²) in [5, 5.41) is 0.186. The van der Waals surface area contributed by atoms with Crippen LogP contribution in [0.15, 0.2) is 58.8 Å². The van der Waals surface area contributed by atoms with Gasteiger partial charge in [-0.25, -0.2) is 9.37 Å². The van der Waals surface area contributed by atoms with Crippen LogP contribution in [-0.4, -0.2) is 55.8 Å². The van der Waals surface area contributed by atoms with Crippen LogP contribution in [0.4, 0.5) is 4.39 Å². The van der Waals surface area contributed by atoms with E-state index >= 15 is 4.39 Å². The molecule has 9 nitrogen and oxygen atoms in total. The molecule has 4 heterocycles. The van der Waals surface area contributed by atoms with Crippen molar-refractivity contribution in [3.8, 4) is 22.7 Å². The molecule has 0 N–H and O–H groups in total. The summed E-state index contributed by atoms with van der Waals surface area (Å²) in [5.41, 5.74) is 0.0365. The maximum absolute atomic E-state index is 15.9. The highest BCUT2D eigenvalue weighted by Gasteiger charge is 2.46. The lowest BCUT2D eigenvalue weighted by atomic mass is 9.95. The molecule has 3 aromatic heterocycles. The standard InChI is InChI=1S/C31H31ClFN5O4/c1-7-23(39)36-14-31(33,15-36)16-37-21-13-20(32)26(24-18(4)9-8-10-22(24)42-6)35-28(21)38(30(41)29(37)40)27-19(5)11-12-34-25(27)17(2)3/h7-13,17H,1,14-16H2,2-6H3. The minimum Gasteiger partial charge on any atom is -0.496 e. The van der Waals surface area contributed by atoms with Crippen molar-refractivity contribution in [1.82, 2.24) is 24.0 Å². The van der Waals surface area contributed by atoms with Gasteiger partial charge in [-0.1, -0.05) is 44.2 Å². The van der Waals surface area contributed by atoms with Crippen molar-refractivity contribution in [1.29, 1.82) is 0 Å². The van der Waals surface area contributed by atoms with Gasteiger partial charge in [-0.3, -0.25) is 28.5 Å². The Hall–Kier alpha value is -4.31. The third-order valence-electron chi connectivity index (χ3n) is 7.56. The lowest BCUT2D eigenvalue weighted by Crippen LogP contribution is -2.63. The van der Waals surface area contributed by atoms with Crippen molar-refractivity contribution in [2.75, 3.05) is 20.2 Å². The molecule has 0 spiro atoms. The molecule has 5 rings (SSSR count). The minimum absolute atomic E-state index is 0.0926. The van der Waals surface area contributed by atoms with Gasteiger partial charge in [0.05, 0.1) is 54.4 Å². The summed E-state index contributed by atoms with van der Waals surface area (Å²) < 4.78 is 23.8. The van der Waals surface area contributed by atoms with Crippen LogP contribution in [0.1, 0.15) is 36.6 Å². The highest BCUT2D eigenvalue weighted by Crippen LogP contribution is 2.38. The predicted molar refractivity (Wildman–Crippen MR) is 161 cm³/mol. The summed E-state index contributed by atoms with van der Waals surface area (Å²) in [4.78, 5) is 50.4. The second-order valence-electron chi connectivity index (χ2n) is 10.9. The molecule has 0 aliphatic carbocycles. The zero-order chi connectivity index (χ0) is 30.5. The van der Waals surface area contributed by atoms with Gasteiger partial charge in [0.15, 0.2) is 11.3 Å². The zero-order valence-electron chi connectivity index (χ0n) is 24.1. The van der Waals surface area contributed by atoms with Gasteiger partial charge in [0, 0.05) is 11.8 Å². The first kappa shape index (κ1) is 29.2. The number of aryl methyl sites for hydroxylation is 2. The number of aromatic nitrogens is 4. The van der Waals surface area contributed by atoms with Crippen molar-refractivity contribution in [3.05, 3.63) is 91.7 Å². The van der Waals surface area contributed by atoms with Crippen molar-refractivity contribution < 1.29 is 13.9 Å². The third-order valence-corrected chi connectivity index (χ3v) is 7.85. The Kier molecular flexibility index (Phi) is 7.53. The molecule has 1 saturated heterocycles. The first-order valence-corrected chi connectivity index (χ1v) is 13.8. The number of alkyl halides is 1. The molecule has 1 amide bonds. The number of benzene rings is 1. The summed E-state index contributed by atoms with van der Waals surface area (Å²) in [6, 6.07) is 8.78. The second-order valence-corrected chi connectivity index (χ2v) is 11.3. The van der Waals surface area contributed by atoms with Crippen LogP contribution in [-0.2, 0) is 11.3 Å². The first-order chi connectivity index (χ1) is 19.9. The van der Waals surface area contributed by atoms with Gasteiger partial charge in [0.25, 0.3) is 0 Å². The van der Waals surface area contributed by atoms with E-state index in [2.05, 4.69) is 11.6 Å². The largest absolute Gasteiger partial charge is 0.496 e. The molecular weight excluding hydrogens is 561 g/mol. The molecule has 0 bridgehead atoms. The molecule has 1 fully saturated rings. The lowest BCUT2D eigenvalue weighted by Gasteiger charge is -2.44. The van der Waals surface area contributed by atoms with E-state index in [-0.39, 0.29) is 35.2 Å². The Bertz CT molecular complexity index is 1870. The van der Waals surface area contributed by atoms with E-state index in [0.29, 0.717) is 34.0 Å². The van der Waals surface area contributed by atoms with Gasteiger partial charge < -0.3 is 9.64 Å². The summed E-state index contributed by atoms with van der Waals surface area (Å²) in [6.07, 6.45) is 2.76. The van der Waals surface area contributed by atoms with E-state index < -0.39 is 29.2 Å². The van der Waals surface area contributed by atoms with Gasteiger partial charge in [-0.2, -0.15) is 0 Å². The van der Waals surface area contributed by atoms with Crippen molar-refractivity contribution in [2.45, 2.75) is 45.8 Å². The number of carbonyl (C=O) groups excluding carboxylic acids is 1. The summed E-state index contributed by atoms with van der Waals surface area (Å²) in [6.45, 7) is 10.1. The molecule has 1 aliphatic rings. The number of nitrogens with zero attached hydrogens (tertiary/aromatic N) is 5. The Morgan fingerprint density at radius 3 is 2.55 bits per heavy atom. The number of amides is 1. The average Bonchev–Trinajstić information content (AvgIpc) is 2.94. The fourth-order valence-electron chi connectivity index (χ4n) is 5.49. The number of likely N-dealkylation sites (tertiary alicyclic amines) is 1. The highest BCUT2D eigenvalue weighted by molar-refractivity contribution is 6.33. The van der Waals surface area contributed by atoms with Gasteiger partial charge in [-0.05, 0) is 55.2 Å². The van der Waals surface area contributed by atoms with Crippen molar-refractivity contribution >= 4 is 28.7 Å². The predicted octanol–water partition coefficient (Wildman–Crippen LogP) is 4.75. The number of ether oxygens (including phenoxy) is 1. The Labute approximate surface area is 246 Å². The van der Waals surface area contributed by atoms with Crippen LogP contribution in [0.25, 0.3) is 28.1 Å². The van der Waals surface area contributed by atoms with Gasteiger partial charge >= 0.3 is 11.1 Å². The van der Waals surface area contributed by atoms with Crippen LogP contribution in [0.2, 0.25) is 5.02 Å². The number of hydrogen-bond acceptors (Lipinski definition) is 6. The van der Waals surface area contributed by atoms with E-state index in [9.17, 15) is 14.4 Å². The molecule has 0 saturated carbocycles. The van der Waals surface area contributed by atoms with Crippen molar-refractivity contribution in [3.63, 3.8) is 0 Å². The quantitative estimate of drug-likeness (QED) is 0.227. The molecule has 42 heavy (non-hydrogen) atoms. The molecule has 218 valence electrons. The summed E-state index contributed by atoms with van der Waals surface area (Å²) in [5.74, 6) is 0.0197. The monoisotopic (exact) mass is 591 g/mol. The van der Waals surface area contributed by atoms with Crippen LogP contribution in [0.5, 0.6) is 5.75 Å². The SMILES string of the molecule is C=CC(=O)N1CC(F)(Cn2c(=O)c(=O)n(-c3c(C)ccnc3C(C)C)c3nc(-c4c(C)cccc4OC)c(Cl)cc32)C1. The number of hydrogen-bond donors (Lipinski definition) is 0. The molecule has 0 radical (unpaired) electrons. The molecule has 0 unspecified atom stereocenters. The first-order valence-electron chi connectivity index (χ1n) is 13.5. The fraction of sp³-hybridized carbons (Fsp3) is 0.323. The maximum Gasteiger partial charge on any atom is 0.322 e. The minimum atomic E-state index is -1.94. The Morgan fingerprint density at radius 1 is 1.19 bits per heavy atom. The fourth-order valence-corrected chi connectivity index (χ4v) is 5.73. The number of rotatable bonds is 7. The number of carbonyl (C=O) groups is 1. The Morgan fingerprint density at radius 2 is 1.90 bits per heavy atom. The normalized spacial score (nSPS) is 14.2. The molecule has 4 aromatic rings. The van der Waals surface area contributed by atoms with Gasteiger partial charge in [0.1, 0.15) is 5.75 Å². The zero-order valence-corrected chi connectivity index (χ0v) is 24.8. The molecule has 0 atom stereocenters. The molecule has 1 aliphatic heterocycles. The smallest absolute Gasteiger partial charge is 0.322 e. The van der Waals surface area contributed by atoms with Crippen LogP contribution in [0, 0.1) is 13.8 Å². The van der Waals surface area contributed by atoms with E-state index in [1.807, 2.05) is 39.8 Å². The van der Waals surface area contributed by atoms with E-state index in [1.165, 1.54) is 22.6 Å². The summed E-state index contributed by atoms with van der Waals surface area (Å²) >= 11 is 6.83. The lowest BCUT2D eigenvalue weighted by molar-refractivity contribution is -0.141. The molecule has 1 aromatic carbocycles. The topological polar surface area (TPSA) is 99.3 Å². The van der Waals surface area contributed by atoms with Gasteiger partial charge in [-0.15, -0.1) is 0 Å². The van der Waals surface area contributed by atoms with E-state index in [4.69, 9.17) is 21.3 Å². The summed E-state index contributed by atoms with van der Waals surface area (Å²) in [7, 11) is 1.54. The number of methoxy groups -OCH3 is 1. The third kappa shape index (κ3) is 4.79. The van der Waals surface area contributed by atoms with Crippen LogP contribution < -0.4 is 15.9 Å². The maximum atomic E-state index is 15.9. The average molecular weight is 592 g/mol. The molecular formula is C31H31ClFN5O4. The Balaban J connectivity index is 1.85. The number of halogens is 2. The van der Waals surface area contributed by atoms with Crippen LogP contribution >= 0.6 is 11.6 Å². The van der Waals surface area contributed by atoms with Crippen molar-refractivity contribution in [2.24, 2.45) is 0 Å². The number of pyridine rings is 2.